The van der Waals surface area contributed by atoms with Crippen LogP contribution in [-0.2, 0) is 0 Å². The molecule has 7 heteroatoms. The molecule has 0 atom stereocenters. The number of carbonyl (C=O) groups is 2. The number of hydrogen-bond donors (Lipinski definition) is 0. The minimum atomic E-state index is -0.762. The van der Waals surface area contributed by atoms with Gasteiger partial charge < -0.3 is 14.2 Å². The third kappa shape index (κ3) is 3.28. The first-order chi connectivity index (χ1) is 13.0. The smallest absolute Gasteiger partial charge is 0.289 e. The van der Waals surface area contributed by atoms with Crippen LogP contribution in [0.25, 0.3) is 11.0 Å². The summed E-state index contributed by atoms with van der Waals surface area (Å²) in [4.78, 5) is 28.1. The summed E-state index contributed by atoms with van der Waals surface area (Å²) < 4.78 is 32.7. The molecule has 138 valence electrons. The first kappa shape index (κ1) is 17.2. The van der Waals surface area contributed by atoms with E-state index in [9.17, 15) is 18.4 Å². The number of amides is 2. The molecule has 1 aromatic heterocycles. The first-order valence-corrected chi connectivity index (χ1v) is 8.55. The van der Waals surface area contributed by atoms with Gasteiger partial charge in [-0.1, -0.05) is 18.2 Å². The molecule has 0 bridgehead atoms. The Morgan fingerprint density at radius 2 is 1.52 bits per heavy atom. The second-order valence-electron chi connectivity index (χ2n) is 6.36. The molecule has 0 aliphatic carbocycles. The Morgan fingerprint density at radius 3 is 2.22 bits per heavy atom. The van der Waals surface area contributed by atoms with E-state index in [1.807, 2.05) is 18.2 Å². The van der Waals surface area contributed by atoms with Gasteiger partial charge in [-0.05, 0) is 30.3 Å². The number of hydrogen-bond acceptors (Lipinski definition) is 3. The highest BCUT2D eigenvalue weighted by Gasteiger charge is 2.28. The molecule has 27 heavy (non-hydrogen) atoms. The maximum absolute atomic E-state index is 13.8. The minimum absolute atomic E-state index is 0.237. The molecule has 1 saturated heterocycles. The van der Waals surface area contributed by atoms with Crippen molar-refractivity contribution >= 4 is 22.8 Å². The Hall–Kier alpha value is -3.22. The van der Waals surface area contributed by atoms with Crippen LogP contribution in [-0.4, -0.2) is 47.8 Å². The molecule has 1 fully saturated rings. The van der Waals surface area contributed by atoms with E-state index in [1.165, 1.54) is 4.90 Å². The molecule has 1 aliphatic rings. The van der Waals surface area contributed by atoms with E-state index in [0.29, 0.717) is 18.7 Å². The molecule has 0 saturated carbocycles. The quantitative estimate of drug-likeness (QED) is 0.696. The van der Waals surface area contributed by atoms with Gasteiger partial charge in [0.25, 0.3) is 11.8 Å². The lowest BCUT2D eigenvalue weighted by atomic mass is 10.1. The Balaban J connectivity index is 1.44. The van der Waals surface area contributed by atoms with Crippen LogP contribution in [0.2, 0.25) is 0 Å². The maximum Gasteiger partial charge on any atom is 0.289 e. The number of piperazine rings is 1. The Labute approximate surface area is 153 Å². The van der Waals surface area contributed by atoms with Crippen molar-refractivity contribution in [3.8, 4) is 0 Å². The topological polar surface area (TPSA) is 53.8 Å². The van der Waals surface area contributed by atoms with Gasteiger partial charge >= 0.3 is 0 Å². The van der Waals surface area contributed by atoms with Crippen LogP contribution in [0.15, 0.2) is 52.9 Å². The van der Waals surface area contributed by atoms with Crippen molar-refractivity contribution < 1.29 is 22.8 Å². The first-order valence-electron chi connectivity index (χ1n) is 8.55. The van der Waals surface area contributed by atoms with Crippen LogP contribution in [0.5, 0.6) is 0 Å². The zero-order chi connectivity index (χ0) is 19.0. The van der Waals surface area contributed by atoms with Gasteiger partial charge in [0.05, 0.1) is 5.56 Å². The van der Waals surface area contributed by atoms with Crippen molar-refractivity contribution in [2.24, 2.45) is 0 Å². The van der Waals surface area contributed by atoms with E-state index in [-0.39, 0.29) is 30.3 Å². The molecule has 0 N–H and O–H groups in total. The Morgan fingerprint density at radius 1 is 0.852 bits per heavy atom. The fourth-order valence-electron chi connectivity index (χ4n) is 3.19. The Kier molecular flexibility index (Phi) is 4.35. The molecule has 2 amide bonds. The molecule has 1 aliphatic heterocycles. The van der Waals surface area contributed by atoms with E-state index in [0.717, 1.165) is 23.6 Å². The normalized spacial score (nSPS) is 14.6. The van der Waals surface area contributed by atoms with E-state index in [4.69, 9.17) is 4.42 Å². The van der Waals surface area contributed by atoms with Crippen LogP contribution in [0.1, 0.15) is 20.9 Å². The van der Waals surface area contributed by atoms with Gasteiger partial charge in [0.2, 0.25) is 0 Å². The SMILES string of the molecule is O=C(c1cc2ccccc2o1)N1CCN(C(=O)c2cc(F)ccc2F)CC1. The van der Waals surface area contributed by atoms with Crippen LogP contribution < -0.4 is 0 Å². The van der Waals surface area contributed by atoms with Gasteiger partial charge in [0, 0.05) is 31.6 Å². The van der Waals surface area contributed by atoms with Crippen molar-refractivity contribution in [2.75, 3.05) is 26.2 Å². The van der Waals surface area contributed by atoms with Crippen molar-refractivity contribution in [3.05, 3.63) is 71.5 Å². The number of benzene rings is 2. The van der Waals surface area contributed by atoms with Crippen molar-refractivity contribution in [1.29, 1.82) is 0 Å². The lowest BCUT2D eigenvalue weighted by molar-refractivity contribution is 0.0517. The zero-order valence-electron chi connectivity index (χ0n) is 14.3. The molecule has 2 aromatic carbocycles. The molecular formula is C20H16F2N2O3. The summed E-state index contributed by atoms with van der Waals surface area (Å²) in [5.41, 5.74) is 0.336. The maximum atomic E-state index is 13.8. The number of furan rings is 1. The number of rotatable bonds is 2. The zero-order valence-corrected chi connectivity index (χ0v) is 14.3. The number of para-hydroxylation sites is 1. The van der Waals surface area contributed by atoms with Gasteiger partial charge in [-0.25, -0.2) is 8.78 Å². The van der Waals surface area contributed by atoms with Gasteiger partial charge in [0.1, 0.15) is 17.2 Å². The van der Waals surface area contributed by atoms with Crippen molar-refractivity contribution in [3.63, 3.8) is 0 Å². The van der Waals surface area contributed by atoms with E-state index >= 15 is 0 Å². The minimum Gasteiger partial charge on any atom is -0.451 e. The van der Waals surface area contributed by atoms with E-state index in [1.54, 1.807) is 17.0 Å². The fourth-order valence-corrected chi connectivity index (χ4v) is 3.19. The molecule has 0 unspecified atom stereocenters. The molecule has 5 nitrogen and oxygen atoms in total. The molecule has 4 rings (SSSR count). The monoisotopic (exact) mass is 370 g/mol. The Bertz CT molecular complexity index is 990. The molecular weight excluding hydrogens is 354 g/mol. The van der Waals surface area contributed by atoms with Crippen LogP contribution in [0.4, 0.5) is 8.78 Å². The van der Waals surface area contributed by atoms with Crippen LogP contribution >= 0.6 is 0 Å². The van der Waals surface area contributed by atoms with Crippen molar-refractivity contribution in [2.45, 2.75) is 0 Å². The second kappa shape index (κ2) is 6.83. The fraction of sp³-hybridized carbons (Fsp3) is 0.200. The highest BCUT2D eigenvalue weighted by atomic mass is 19.1. The van der Waals surface area contributed by atoms with Gasteiger partial charge in [-0.3, -0.25) is 9.59 Å². The summed E-state index contributed by atoms with van der Waals surface area (Å²) in [6.45, 7) is 1.05. The highest BCUT2D eigenvalue weighted by Crippen LogP contribution is 2.21. The van der Waals surface area contributed by atoms with E-state index in [2.05, 4.69) is 0 Å². The second-order valence-corrected chi connectivity index (χ2v) is 6.36. The summed E-state index contributed by atoms with van der Waals surface area (Å²) in [7, 11) is 0. The summed E-state index contributed by atoms with van der Waals surface area (Å²) in [6.07, 6.45) is 0. The predicted molar refractivity (Wildman–Crippen MR) is 94.4 cm³/mol. The highest BCUT2D eigenvalue weighted by molar-refractivity contribution is 5.97. The third-order valence-corrected chi connectivity index (χ3v) is 4.65. The standard InChI is InChI=1S/C20H16F2N2O3/c21-14-5-6-16(22)15(12-14)19(25)23-7-9-24(10-8-23)20(26)18-11-13-3-1-2-4-17(13)27-18/h1-6,11-12H,7-10H2. The average Bonchev–Trinajstić information content (AvgIpc) is 3.13. The van der Waals surface area contributed by atoms with Crippen LogP contribution in [0.3, 0.4) is 0 Å². The number of carbonyl (C=O) groups excluding carboxylic acids is 2. The summed E-state index contributed by atoms with van der Waals surface area (Å²) in [6, 6.07) is 11.8. The largest absolute Gasteiger partial charge is 0.451 e. The van der Waals surface area contributed by atoms with E-state index < -0.39 is 17.5 Å². The predicted octanol–water partition coefficient (Wildman–Crippen LogP) is 3.31. The lowest BCUT2D eigenvalue weighted by Gasteiger charge is -2.34. The summed E-state index contributed by atoms with van der Waals surface area (Å²) >= 11 is 0. The third-order valence-electron chi connectivity index (χ3n) is 4.65. The van der Waals surface area contributed by atoms with Gasteiger partial charge in [0.15, 0.2) is 5.76 Å². The lowest BCUT2D eigenvalue weighted by Crippen LogP contribution is -2.50. The number of nitrogens with zero attached hydrogens (tertiary/aromatic N) is 2. The summed E-state index contributed by atoms with van der Waals surface area (Å²) in [5, 5.41) is 0.844. The number of fused-ring (bicyclic) bond motifs is 1. The molecule has 0 radical (unpaired) electrons. The van der Waals surface area contributed by atoms with Crippen LogP contribution in [0, 0.1) is 11.6 Å². The van der Waals surface area contributed by atoms with Gasteiger partial charge in [-0.15, -0.1) is 0 Å². The molecule has 3 aromatic rings. The summed E-state index contributed by atoms with van der Waals surface area (Å²) in [5.74, 6) is -2.02. The molecule has 2 heterocycles. The van der Waals surface area contributed by atoms with Gasteiger partial charge in [-0.2, -0.15) is 0 Å². The average molecular weight is 370 g/mol. The number of halogens is 2. The molecule has 0 spiro atoms. The van der Waals surface area contributed by atoms with Crippen molar-refractivity contribution in [1.82, 2.24) is 9.80 Å².